The Balaban J connectivity index is 1.48. The van der Waals surface area contributed by atoms with E-state index in [-0.39, 0.29) is 0 Å². The molecule has 0 heterocycles. The van der Waals surface area contributed by atoms with Crippen molar-refractivity contribution in [3.05, 3.63) is 94.0 Å². The molecule has 0 atom stereocenters. The molecule has 0 unspecified atom stereocenters. The predicted octanol–water partition coefficient (Wildman–Crippen LogP) is 4.15. The summed E-state index contributed by atoms with van der Waals surface area (Å²) < 4.78 is 11.5. The number of carbonyl (C=O) groups excluding carboxylic acids is 2. The first-order valence-corrected chi connectivity index (χ1v) is 10.1. The van der Waals surface area contributed by atoms with Gasteiger partial charge in [0.15, 0.2) is 0 Å². The third-order valence-corrected chi connectivity index (χ3v) is 4.94. The van der Waals surface area contributed by atoms with Crippen LogP contribution < -0.4 is 20.3 Å². The Hall–Kier alpha value is -3.32. The molecule has 0 saturated heterocycles. The van der Waals surface area contributed by atoms with Crippen molar-refractivity contribution in [3.8, 4) is 11.5 Å². The van der Waals surface area contributed by atoms with E-state index in [1.807, 2.05) is 18.2 Å². The molecule has 0 aliphatic rings. The maximum Gasteiger partial charge on any atom is 0.269 e. The van der Waals surface area contributed by atoms with E-state index >= 15 is 0 Å². The monoisotopic (exact) mass is 468 g/mol. The van der Waals surface area contributed by atoms with Crippen LogP contribution in [0.15, 0.2) is 77.3 Å². The number of rotatable bonds is 7. The molecule has 0 saturated carbocycles. The van der Waals surface area contributed by atoms with Crippen LogP contribution in [0.5, 0.6) is 11.5 Å². The summed E-state index contributed by atoms with van der Waals surface area (Å²) in [4.78, 5) is 24.5. The average Bonchev–Trinajstić information content (AvgIpc) is 2.78. The Bertz CT molecular complexity index is 1010. The number of amides is 2. The zero-order valence-electron chi connectivity index (χ0n) is 16.4. The van der Waals surface area contributed by atoms with Crippen LogP contribution in [-0.2, 0) is 6.42 Å². The van der Waals surface area contributed by atoms with Gasteiger partial charge in [0.05, 0.1) is 18.2 Å². The van der Waals surface area contributed by atoms with Gasteiger partial charge in [-0.3, -0.25) is 20.4 Å². The molecule has 7 heteroatoms. The van der Waals surface area contributed by atoms with Gasteiger partial charge in [-0.05, 0) is 64.0 Å². The van der Waals surface area contributed by atoms with Gasteiger partial charge in [-0.15, -0.1) is 0 Å². The number of ether oxygens (including phenoxy) is 2. The van der Waals surface area contributed by atoms with Gasteiger partial charge < -0.3 is 9.47 Å². The highest BCUT2D eigenvalue weighted by Gasteiger charge is 2.11. The molecule has 3 aromatic rings. The Morgan fingerprint density at radius 1 is 0.867 bits per heavy atom. The van der Waals surface area contributed by atoms with Gasteiger partial charge in [0, 0.05) is 17.5 Å². The van der Waals surface area contributed by atoms with E-state index in [2.05, 4.69) is 38.9 Å². The summed E-state index contributed by atoms with van der Waals surface area (Å²) in [6.45, 7) is 0.545. The molecule has 6 nitrogen and oxygen atoms in total. The minimum atomic E-state index is -0.437. The molecule has 2 amide bonds. The van der Waals surface area contributed by atoms with Gasteiger partial charge in [-0.25, -0.2) is 0 Å². The zero-order chi connectivity index (χ0) is 21.3. The summed E-state index contributed by atoms with van der Waals surface area (Å²) in [5.74, 6) is 0.426. The van der Waals surface area contributed by atoms with Crippen molar-refractivity contribution in [1.29, 1.82) is 0 Å². The largest absolute Gasteiger partial charge is 0.496 e. The average molecular weight is 469 g/mol. The summed E-state index contributed by atoms with van der Waals surface area (Å²) in [7, 11) is 1.54. The fourth-order valence-corrected chi connectivity index (χ4v) is 3.24. The van der Waals surface area contributed by atoms with Crippen LogP contribution in [0.1, 0.15) is 26.3 Å². The number of hydrogen-bond donors (Lipinski definition) is 2. The minimum Gasteiger partial charge on any atom is -0.496 e. The zero-order valence-corrected chi connectivity index (χ0v) is 17.9. The first-order chi connectivity index (χ1) is 14.6. The van der Waals surface area contributed by atoms with Crippen molar-refractivity contribution in [2.45, 2.75) is 6.42 Å². The molecule has 0 aromatic heterocycles. The van der Waals surface area contributed by atoms with Gasteiger partial charge in [-0.1, -0.05) is 30.3 Å². The van der Waals surface area contributed by atoms with Crippen molar-refractivity contribution >= 4 is 27.7 Å². The molecular formula is C23H21BrN2O4. The van der Waals surface area contributed by atoms with Gasteiger partial charge in [-0.2, -0.15) is 0 Å². The van der Waals surface area contributed by atoms with E-state index in [0.717, 1.165) is 6.42 Å². The fourth-order valence-electron chi connectivity index (χ4n) is 2.70. The molecule has 0 fully saturated rings. The van der Waals surface area contributed by atoms with Crippen LogP contribution >= 0.6 is 15.9 Å². The number of hydrogen-bond acceptors (Lipinski definition) is 4. The Kier molecular flexibility index (Phi) is 7.45. The number of nitrogens with one attached hydrogen (secondary N) is 2. The summed E-state index contributed by atoms with van der Waals surface area (Å²) >= 11 is 3.33. The second kappa shape index (κ2) is 10.5. The lowest BCUT2D eigenvalue weighted by molar-refractivity contribution is 0.0846. The fraction of sp³-hybridized carbons (Fsp3) is 0.130. The lowest BCUT2D eigenvalue weighted by Gasteiger charge is -2.10. The summed E-state index contributed by atoms with van der Waals surface area (Å²) in [5.41, 5.74) is 6.79. The number of carbonyl (C=O) groups is 2. The molecule has 30 heavy (non-hydrogen) atoms. The minimum absolute atomic E-state index is 0.380. The third kappa shape index (κ3) is 5.84. The van der Waals surface area contributed by atoms with Crippen LogP contribution in [0, 0.1) is 0 Å². The second-order valence-electron chi connectivity index (χ2n) is 6.37. The molecule has 0 spiro atoms. The van der Waals surface area contributed by atoms with E-state index in [9.17, 15) is 9.59 Å². The summed E-state index contributed by atoms with van der Waals surface area (Å²) in [6.07, 6.45) is 0.802. The van der Waals surface area contributed by atoms with Gasteiger partial charge >= 0.3 is 0 Å². The maximum atomic E-state index is 12.3. The summed E-state index contributed by atoms with van der Waals surface area (Å²) in [6, 6.07) is 21.7. The molecule has 0 aliphatic heterocycles. The molecule has 3 aromatic carbocycles. The smallest absolute Gasteiger partial charge is 0.269 e. The lowest BCUT2D eigenvalue weighted by atomic mass is 10.2. The number of methoxy groups -OCH3 is 1. The Morgan fingerprint density at radius 3 is 2.13 bits per heavy atom. The van der Waals surface area contributed by atoms with Crippen LogP contribution in [-0.4, -0.2) is 25.5 Å². The number of hydrazine groups is 1. The van der Waals surface area contributed by atoms with Crippen molar-refractivity contribution in [2.75, 3.05) is 13.7 Å². The highest BCUT2D eigenvalue weighted by atomic mass is 79.9. The topological polar surface area (TPSA) is 76.7 Å². The molecule has 2 N–H and O–H groups in total. The Labute approximate surface area is 183 Å². The normalized spacial score (nSPS) is 10.2. The molecule has 0 aliphatic carbocycles. The van der Waals surface area contributed by atoms with Gasteiger partial charge in [0.1, 0.15) is 11.5 Å². The quantitative estimate of drug-likeness (QED) is 0.510. The lowest BCUT2D eigenvalue weighted by Crippen LogP contribution is -2.41. The van der Waals surface area contributed by atoms with E-state index in [0.29, 0.717) is 33.7 Å². The van der Waals surface area contributed by atoms with Crippen molar-refractivity contribution in [1.82, 2.24) is 10.9 Å². The first kappa shape index (κ1) is 21.4. The van der Waals surface area contributed by atoms with Crippen LogP contribution in [0.4, 0.5) is 0 Å². The highest BCUT2D eigenvalue weighted by molar-refractivity contribution is 9.10. The number of benzene rings is 3. The highest BCUT2D eigenvalue weighted by Crippen LogP contribution is 2.25. The standard InChI is InChI=1S/C23H21BrN2O4/c1-29-21-12-9-18(15-20(21)24)23(28)26-25-22(27)17-7-10-19(11-8-17)30-14-13-16-5-3-2-4-6-16/h2-12,15H,13-14H2,1H3,(H,25,27)(H,26,28). The SMILES string of the molecule is COc1ccc(C(=O)NNC(=O)c2ccc(OCCc3ccccc3)cc2)cc1Br. The van der Waals surface area contributed by atoms with Crippen LogP contribution in [0.3, 0.4) is 0 Å². The first-order valence-electron chi connectivity index (χ1n) is 9.28. The van der Waals surface area contributed by atoms with E-state index in [4.69, 9.17) is 9.47 Å². The van der Waals surface area contributed by atoms with Gasteiger partial charge in [0.2, 0.25) is 0 Å². The third-order valence-electron chi connectivity index (χ3n) is 4.32. The molecule has 3 rings (SSSR count). The number of halogens is 1. The Morgan fingerprint density at radius 2 is 1.50 bits per heavy atom. The van der Waals surface area contributed by atoms with Gasteiger partial charge in [0.25, 0.3) is 11.8 Å². The molecule has 0 bridgehead atoms. The van der Waals surface area contributed by atoms with Crippen molar-refractivity contribution < 1.29 is 19.1 Å². The molecular weight excluding hydrogens is 448 g/mol. The van der Waals surface area contributed by atoms with Crippen LogP contribution in [0.25, 0.3) is 0 Å². The van der Waals surface area contributed by atoms with E-state index in [1.165, 1.54) is 5.56 Å². The molecule has 154 valence electrons. The second-order valence-corrected chi connectivity index (χ2v) is 7.22. The maximum absolute atomic E-state index is 12.3. The predicted molar refractivity (Wildman–Crippen MR) is 118 cm³/mol. The van der Waals surface area contributed by atoms with Crippen molar-refractivity contribution in [2.24, 2.45) is 0 Å². The van der Waals surface area contributed by atoms with E-state index < -0.39 is 11.8 Å². The summed E-state index contributed by atoms with van der Waals surface area (Å²) in [5, 5.41) is 0. The van der Waals surface area contributed by atoms with Crippen molar-refractivity contribution in [3.63, 3.8) is 0 Å². The van der Waals surface area contributed by atoms with Crippen LogP contribution in [0.2, 0.25) is 0 Å². The molecule has 0 radical (unpaired) electrons. The van der Waals surface area contributed by atoms with E-state index in [1.54, 1.807) is 49.6 Å².